The molecule has 0 bridgehead atoms. The van der Waals surface area contributed by atoms with Gasteiger partial charge in [0.1, 0.15) is 5.78 Å². The van der Waals surface area contributed by atoms with Gasteiger partial charge in [-0.1, -0.05) is 0 Å². The minimum absolute atomic E-state index is 0.227. The van der Waals surface area contributed by atoms with E-state index < -0.39 is 0 Å². The number of rotatable bonds is 3. The molecule has 0 saturated carbocycles. The third kappa shape index (κ3) is 18.4. The van der Waals surface area contributed by atoms with E-state index in [1.165, 1.54) is 7.05 Å². The number of hydrogen-bond donors (Lipinski definition) is 2. The molecular formula is C6H16N2O. The molecule has 0 atom stereocenters. The van der Waals surface area contributed by atoms with Crippen molar-refractivity contribution < 1.29 is 4.79 Å². The molecule has 0 spiro atoms. The van der Waals surface area contributed by atoms with Gasteiger partial charge < -0.3 is 16.3 Å². The van der Waals surface area contributed by atoms with E-state index in [0.717, 1.165) is 6.42 Å². The highest BCUT2D eigenvalue weighted by Crippen LogP contribution is 1.84. The van der Waals surface area contributed by atoms with Gasteiger partial charge in [0.05, 0.1) is 0 Å². The second-order valence-corrected chi connectivity index (χ2v) is 1.59. The molecule has 0 aliphatic heterocycles. The van der Waals surface area contributed by atoms with Crippen LogP contribution >= 0.6 is 0 Å². The van der Waals surface area contributed by atoms with E-state index in [4.69, 9.17) is 5.73 Å². The Balaban J connectivity index is 0. The maximum absolute atomic E-state index is 10.1. The van der Waals surface area contributed by atoms with E-state index >= 15 is 0 Å². The first-order chi connectivity index (χ1) is 4.27. The molecule has 0 amide bonds. The van der Waals surface area contributed by atoms with E-state index in [-0.39, 0.29) is 5.78 Å². The SMILES string of the molecule is CC(=O)CCCN.CN. The monoisotopic (exact) mass is 132 g/mol. The van der Waals surface area contributed by atoms with Crippen molar-refractivity contribution in [1.82, 2.24) is 0 Å². The van der Waals surface area contributed by atoms with Gasteiger partial charge in [0.15, 0.2) is 0 Å². The summed E-state index contributed by atoms with van der Waals surface area (Å²) < 4.78 is 0. The lowest BCUT2D eigenvalue weighted by molar-refractivity contribution is -0.117. The van der Waals surface area contributed by atoms with Crippen LogP contribution in [0.2, 0.25) is 0 Å². The van der Waals surface area contributed by atoms with Gasteiger partial charge in [-0.05, 0) is 26.9 Å². The molecule has 0 radical (unpaired) electrons. The van der Waals surface area contributed by atoms with Crippen molar-refractivity contribution in [1.29, 1.82) is 0 Å². The van der Waals surface area contributed by atoms with Crippen LogP contribution in [0, 0.1) is 0 Å². The van der Waals surface area contributed by atoms with Crippen molar-refractivity contribution in [3.63, 3.8) is 0 Å². The van der Waals surface area contributed by atoms with Gasteiger partial charge in [0.25, 0.3) is 0 Å². The zero-order chi connectivity index (χ0) is 7.70. The van der Waals surface area contributed by atoms with Crippen molar-refractivity contribution in [2.24, 2.45) is 11.5 Å². The summed E-state index contributed by atoms with van der Waals surface area (Å²) in [5.41, 5.74) is 9.62. The van der Waals surface area contributed by atoms with Crippen molar-refractivity contribution >= 4 is 5.78 Å². The highest BCUT2D eigenvalue weighted by atomic mass is 16.1. The molecule has 0 rings (SSSR count). The van der Waals surface area contributed by atoms with Gasteiger partial charge in [-0.3, -0.25) is 0 Å². The van der Waals surface area contributed by atoms with Crippen molar-refractivity contribution in [3.8, 4) is 0 Å². The van der Waals surface area contributed by atoms with E-state index in [1.807, 2.05) is 0 Å². The van der Waals surface area contributed by atoms with Crippen molar-refractivity contribution in [3.05, 3.63) is 0 Å². The zero-order valence-corrected chi connectivity index (χ0v) is 6.18. The Morgan fingerprint density at radius 1 is 1.44 bits per heavy atom. The average Bonchev–Trinajstić information content (AvgIpc) is 1.88. The summed E-state index contributed by atoms with van der Waals surface area (Å²) in [4.78, 5) is 10.1. The summed E-state index contributed by atoms with van der Waals surface area (Å²) in [6.07, 6.45) is 1.46. The second-order valence-electron chi connectivity index (χ2n) is 1.59. The van der Waals surface area contributed by atoms with E-state index in [0.29, 0.717) is 13.0 Å². The Hall–Kier alpha value is -0.410. The van der Waals surface area contributed by atoms with Gasteiger partial charge in [-0.25, -0.2) is 0 Å². The summed E-state index contributed by atoms with van der Waals surface area (Å²) in [5.74, 6) is 0.227. The first kappa shape index (κ1) is 11.4. The van der Waals surface area contributed by atoms with Gasteiger partial charge >= 0.3 is 0 Å². The highest BCUT2D eigenvalue weighted by Gasteiger charge is 1.87. The van der Waals surface area contributed by atoms with Crippen LogP contribution in [-0.2, 0) is 4.79 Å². The number of Topliss-reactive ketones (excluding diaryl/α,β-unsaturated/α-hetero) is 1. The maximum atomic E-state index is 10.1. The van der Waals surface area contributed by atoms with Gasteiger partial charge in [0.2, 0.25) is 0 Å². The highest BCUT2D eigenvalue weighted by molar-refractivity contribution is 5.75. The Morgan fingerprint density at radius 2 is 1.89 bits per heavy atom. The Bertz CT molecular complexity index is 64.1. The fourth-order valence-electron chi connectivity index (χ4n) is 0.351. The Morgan fingerprint density at radius 3 is 2.00 bits per heavy atom. The molecule has 0 heterocycles. The number of hydrogen-bond acceptors (Lipinski definition) is 3. The van der Waals surface area contributed by atoms with Gasteiger partial charge in [-0.2, -0.15) is 0 Å². The van der Waals surface area contributed by atoms with Crippen LogP contribution < -0.4 is 11.5 Å². The molecule has 0 saturated heterocycles. The molecule has 4 N–H and O–H groups in total. The van der Waals surface area contributed by atoms with Crippen LogP contribution in [0.25, 0.3) is 0 Å². The first-order valence-corrected chi connectivity index (χ1v) is 3.04. The predicted molar refractivity (Wildman–Crippen MR) is 39.1 cm³/mol. The lowest BCUT2D eigenvalue weighted by Crippen LogP contribution is -2.00. The Labute approximate surface area is 56.4 Å². The van der Waals surface area contributed by atoms with E-state index in [2.05, 4.69) is 5.73 Å². The smallest absolute Gasteiger partial charge is 0.129 e. The average molecular weight is 132 g/mol. The van der Waals surface area contributed by atoms with Crippen LogP contribution in [0.4, 0.5) is 0 Å². The third-order valence-electron chi connectivity index (χ3n) is 0.733. The lowest BCUT2D eigenvalue weighted by Gasteiger charge is -1.87. The number of ketones is 1. The first-order valence-electron chi connectivity index (χ1n) is 3.04. The number of carbonyl (C=O) groups is 1. The lowest BCUT2D eigenvalue weighted by atomic mass is 10.2. The van der Waals surface area contributed by atoms with Crippen molar-refractivity contribution in [2.45, 2.75) is 19.8 Å². The van der Waals surface area contributed by atoms with Crippen LogP contribution in [0.1, 0.15) is 19.8 Å². The van der Waals surface area contributed by atoms with Gasteiger partial charge in [-0.15, -0.1) is 0 Å². The summed E-state index contributed by atoms with van der Waals surface area (Å²) in [5, 5.41) is 0. The molecule has 9 heavy (non-hydrogen) atoms. The third-order valence-corrected chi connectivity index (χ3v) is 0.733. The number of carbonyl (C=O) groups excluding carboxylic acids is 1. The largest absolute Gasteiger partial charge is 0.333 e. The summed E-state index contributed by atoms with van der Waals surface area (Å²) >= 11 is 0. The molecule has 0 unspecified atom stereocenters. The predicted octanol–water partition coefficient (Wildman–Crippen LogP) is -0.111. The topological polar surface area (TPSA) is 69.1 Å². The van der Waals surface area contributed by atoms with Crippen LogP contribution in [-0.4, -0.2) is 19.4 Å². The van der Waals surface area contributed by atoms with E-state index in [9.17, 15) is 4.79 Å². The fraction of sp³-hybridized carbons (Fsp3) is 0.833. The van der Waals surface area contributed by atoms with Crippen LogP contribution in [0.15, 0.2) is 0 Å². The van der Waals surface area contributed by atoms with Crippen molar-refractivity contribution in [2.75, 3.05) is 13.6 Å². The molecule has 0 aliphatic rings. The molecule has 3 heteroatoms. The molecule has 3 nitrogen and oxygen atoms in total. The minimum Gasteiger partial charge on any atom is -0.333 e. The van der Waals surface area contributed by atoms with E-state index in [1.54, 1.807) is 6.92 Å². The van der Waals surface area contributed by atoms with Crippen LogP contribution in [0.5, 0.6) is 0 Å². The maximum Gasteiger partial charge on any atom is 0.129 e. The molecule has 0 aromatic carbocycles. The molecule has 0 fully saturated rings. The zero-order valence-electron chi connectivity index (χ0n) is 6.18. The number of nitrogens with two attached hydrogens (primary N) is 2. The standard InChI is InChI=1S/C5H11NO.CH5N/c1-5(7)3-2-4-6;1-2/h2-4,6H2,1H3;2H2,1H3. The summed E-state index contributed by atoms with van der Waals surface area (Å²) in [6.45, 7) is 2.20. The minimum atomic E-state index is 0.227. The van der Waals surface area contributed by atoms with Crippen LogP contribution in [0.3, 0.4) is 0 Å². The molecule has 0 aromatic rings. The summed E-state index contributed by atoms with van der Waals surface area (Å²) in [7, 11) is 1.50. The summed E-state index contributed by atoms with van der Waals surface area (Å²) in [6, 6.07) is 0. The quantitative estimate of drug-likeness (QED) is 0.563. The fourth-order valence-corrected chi connectivity index (χ4v) is 0.351. The Kier molecular flexibility index (Phi) is 13.4. The molecule has 56 valence electrons. The molecule has 0 aliphatic carbocycles. The second kappa shape index (κ2) is 10.5. The molecular weight excluding hydrogens is 116 g/mol. The van der Waals surface area contributed by atoms with Gasteiger partial charge in [0, 0.05) is 6.42 Å². The normalized spacial score (nSPS) is 7.56. The molecule has 0 aromatic heterocycles.